The predicted molar refractivity (Wildman–Crippen MR) is 141 cm³/mol. The van der Waals surface area contributed by atoms with Gasteiger partial charge in [0.25, 0.3) is 0 Å². The minimum absolute atomic E-state index is 0.103. The molecule has 220 valence electrons. The van der Waals surface area contributed by atoms with E-state index in [0.717, 1.165) is 16.7 Å². The third-order valence-corrected chi connectivity index (χ3v) is 7.55. The monoisotopic (exact) mass is 582 g/mol. The maximum Gasteiger partial charge on any atom is 0.422 e. The number of alkyl halides is 3. The highest BCUT2D eigenvalue weighted by atomic mass is 19.4. The Bertz CT molecular complexity index is 1470. The van der Waals surface area contributed by atoms with E-state index in [1.807, 2.05) is 31.2 Å². The van der Waals surface area contributed by atoms with Gasteiger partial charge in [-0.2, -0.15) is 13.2 Å². The Kier molecular flexibility index (Phi) is 8.17. The van der Waals surface area contributed by atoms with Crippen molar-refractivity contribution >= 4 is 5.71 Å². The zero-order valence-corrected chi connectivity index (χ0v) is 23.6. The Balaban J connectivity index is 1.93. The SMILES string of the molecule is COc1cc2c(cc1OC)C(C(C)c1ccc(C(C)(C)C)cc1)=[N+](Cc1c(F)c(F)c(C(F)(F)F)c(F)c1F)CC2. The zero-order valence-electron chi connectivity index (χ0n) is 23.6. The van der Waals surface area contributed by atoms with E-state index >= 15 is 0 Å². The molecule has 4 rings (SSSR count). The minimum Gasteiger partial charge on any atom is -0.493 e. The molecular formula is C31H31F7NO2+. The summed E-state index contributed by atoms with van der Waals surface area (Å²) in [6, 6.07) is 11.3. The largest absolute Gasteiger partial charge is 0.493 e. The molecule has 3 aromatic carbocycles. The van der Waals surface area contributed by atoms with Crippen LogP contribution in [0, 0.1) is 23.3 Å². The lowest BCUT2D eigenvalue weighted by Gasteiger charge is -2.25. The Morgan fingerprint density at radius 2 is 1.37 bits per heavy atom. The first-order valence-electron chi connectivity index (χ1n) is 13.0. The molecule has 3 aromatic rings. The van der Waals surface area contributed by atoms with Gasteiger partial charge in [-0.3, -0.25) is 0 Å². The molecule has 0 saturated heterocycles. The fraction of sp³-hybridized carbons (Fsp3) is 0.387. The summed E-state index contributed by atoms with van der Waals surface area (Å²) in [6.45, 7) is 7.57. The van der Waals surface area contributed by atoms with Gasteiger partial charge in [-0.1, -0.05) is 45.0 Å². The number of benzene rings is 3. The molecule has 1 heterocycles. The van der Waals surface area contributed by atoms with Crippen molar-refractivity contribution in [3.8, 4) is 11.5 Å². The fourth-order valence-electron chi connectivity index (χ4n) is 5.27. The van der Waals surface area contributed by atoms with Gasteiger partial charge in [-0.15, -0.1) is 0 Å². The summed E-state index contributed by atoms with van der Waals surface area (Å²) < 4.78 is 111. The predicted octanol–water partition coefficient (Wildman–Crippen LogP) is 7.94. The van der Waals surface area contributed by atoms with Crippen LogP contribution in [0.2, 0.25) is 0 Å². The standard InChI is InChI=1S/C31H31F7NO2/c1-16(17-7-9-19(10-8-17)30(2,3)4)29-20-14-23(41-6)22(40-5)13-18(20)11-12-39(29)15-21-25(32)27(34)24(31(36,37)38)28(35)26(21)33/h7-10,13-14,16H,11-12,15H2,1-6H3/q+1. The summed E-state index contributed by atoms with van der Waals surface area (Å²) in [5, 5.41) is 0. The van der Waals surface area contributed by atoms with E-state index in [1.54, 1.807) is 16.7 Å². The van der Waals surface area contributed by atoms with Gasteiger partial charge in [0.1, 0.15) is 12.1 Å². The molecule has 1 unspecified atom stereocenters. The molecule has 1 aliphatic rings. The Labute approximate surface area is 234 Å². The molecule has 0 radical (unpaired) electrons. The van der Waals surface area contributed by atoms with Crippen LogP contribution in [0.25, 0.3) is 0 Å². The smallest absolute Gasteiger partial charge is 0.422 e. The van der Waals surface area contributed by atoms with Crippen LogP contribution >= 0.6 is 0 Å². The number of ether oxygens (including phenoxy) is 2. The number of fused-ring (bicyclic) bond motifs is 1. The molecule has 0 fully saturated rings. The maximum atomic E-state index is 15.0. The molecule has 0 spiro atoms. The van der Waals surface area contributed by atoms with Crippen LogP contribution in [0.5, 0.6) is 11.5 Å². The number of hydrogen-bond donors (Lipinski definition) is 0. The fourth-order valence-corrected chi connectivity index (χ4v) is 5.27. The van der Waals surface area contributed by atoms with Crippen LogP contribution in [-0.2, 0) is 24.6 Å². The lowest BCUT2D eigenvalue weighted by atomic mass is 9.83. The van der Waals surface area contributed by atoms with Crippen LogP contribution in [0.4, 0.5) is 30.7 Å². The van der Waals surface area contributed by atoms with Crippen molar-refractivity contribution in [2.24, 2.45) is 0 Å². The lowest BCUT2D eigenvalue weighted by Crippen LogP contribution is -2.34. The van der Waals surface area contributed by atoms with E-state index in [4.69, 9.17) is 9.47 Å². The van der Waals surface area contributed by atoms with Crippen molar-refractivity contribution in [2.75, 3.05) is 20.8 Å². The van der Waals surface area contributed by atoms with Crippen molar-refractivity contribution in [1.29, 1.82) is 0 Å². The Hall–Kier alpha value is -3.56. The van der Waals surface area contributed by atoms with E-state index in [2.05, 4.69) is 20.8 Å². The molecular weight excluding hydrogens is 551 g/mol. The molecule has 0 aromatic heterocycles. The number of halogens is 7. The average molecular weight is 583 g/mol. The average Bonchev–Trinajstić information content (AvgIpc) is 2.91. The number of hydrogen-bond acceptors (Lipinski definition) is 2. The van der Waals surface area contributed by atoms with Crippen LogP contribution in [0.15, 0.2) is 36.4 Å². The quantitative estimate of drug-likeness (QED) is 0.167. The second kappa shape index (κ2) is 11.0. The molecule has 0 N–H and O–H groups in total. The van der Waals surface area contributed by atoms with Gasteiger partial charge in [0, 0.05) is 12.0 Å². The first-order chi connectivity index (χ1) is 19.1. The van der Waals surface area contributed by atoms with Crippen LogP contribution in [0.1, 0.15) is 67.0 Å². The Morgan fingerprint density at radius 3 is 1.85 bits per heavy atom. The lowest BCUT2D eigenvalue weighted by molar-refractivity contribution is -0.546. The first kappa shape index (κ1) is 30.4. The summed E-state index contributed by atoms with van der Waals surface area (Å²) in [5.74, 6) is -8.61. The van der Waals surface area contributed by atoms with Crippen molar-refractivity contribution in [3.63, 3.8) is 0 Å². The second-order valence-electron chi connectivity index (χ2n) is 11.1. The maximum absolute atomic E-state index is 15.0. The molecule has 41 heavy (non-hydrogen) atoms. The first-order valence-corrected chi connectivity index (χ1v) is 13.0. The topological polar surface area (TPSA) is 21.5 Å². The number of rotatable bonds is 6. The highest BCUT2D eigenvalue weighted by Crippen LogP contribution is 2.39. The van der Waals surface area contributed by atoms with E-state index in [9.17, 15) is 30.7 Å². The molecule has 0 saturated carbocycles. The van der Waals surface area contributed by atoms with Crippen molar-refractivity contribution in [2.45, 2.75) is 58.2 Å². The van der Waals surface area contributed by atoms with E-state index in [1.165, 1.54) is 14.2 Å². The molecule has 0 aliphatic carbocycles. The molecule has 3 nitrogen and oxygen atoms in total. The van der Waals surface area contributed by atoms with Crippen LogP contribution < -0.4 is 9.47 Å². The zero-order chi connectivity index (χ0) is 30.4. The van der Waals surface area contributed by atoms with Crippen LogP contribution in [0.3, 0.4) is 0 Å². The molecule has 1 atom stereocenters. The summed E-state index contributed by atoms with van der Waals surface area (Å²) in [6.07, 6.45) is -5.25. The van der Waals surface area contributed by atoms with Crippen molar-refractivity contribution in [3.05, 3.63) is 93.0 Å². The highest BCUT2D eigenvalue weighted by molar-refractivity contribution is 6.03. The van der Waals surface area contributed by atoms with Gasteiger partial charge in [0.2, 0.25) is 0 Å². The van der Waals surface area contributed by atoms with Gasteiger partial charge in [-0.05, 0) is 41.2 Å². The van der Waals surface area contributed by atoms with Crippen molar-refractivity contribution in [1.82, 2.24) is 0 Å². The molecule has 0 amide bonds. The van der Waals surface area contributed by atoms with Crippen molar-refractivity contribution < 1.29 is 44.8 Å². The summed E-state index contributed by atoms with van der Waals surface area (Å²) >= 11 is 0. The van der Waals surface area contributed by atoms with Gasteiger partial charge >= 0.3 is 6.18 Å². The minimum atomic E-state index is -5.61. The third-order valence-electron chi connectivity index (χ3n) is 7.55. The third kappa shape index (κ3) is 5.65. The van der Waals surface area contributed by atoms with E-state index in [0.29, 0.717) is 29.2 Å². The van der Waals surface area contributed by atoms with Gasteiger partial charge in [-0.25, -0.2) is 22.1 Å². The van der Waals surface area contributed by atoms with Crippen LogP contribution in [-0.4, -0.2) is 31.1 Å². The number of nitrogens with zero attached hydrogens (tertiary/aromatic N) is 1. The highest BCUT2D eigenvalue weighted by Gasteiger charge is 2.43. The summed E-state index contributed by atoms with van der Waals surface area (Å²) in [4.78, 5) is 0. The van der Waals surface area contributed by atoms with Gasteiger partial charge in [0.05, 0.1) is 25.7 Å². The van der Waals surface area contributed by atoms with E-state index in [-0.39, 0.29) is 12.0 Å². The summed E-state index contributed by atoms with van der Waals surface area (Å²) in [7, 11) is 2.94. The van der Waals surface area contributed by atoms with Gasteiger partial charge in [0.15, 0.2) is 47.0 Å². The number of methoxy groups -OCH3 is 2. The molecule has 0 bridgehead atoms. The second-order valence-corrected chi connectivity index (χ2v) is 11.1. The normalized spacial score (nSPS) is 14.7. The molecule has 10 heteroatoms. The van der Waals surface area contributed by atoms with E-state index < -0.39 is 53.0 Å². The van der Waals surface area contributed by atoms with Gasteiger partial charge < -0.3 is 9.47 Å². The Morgan fingerprint density at radius 1 is 0.829 bits per heavy atom. The molecule has 1 aliphatic heterocycles. The summed E-state index contributed by atoms with van der Waals surface area (Å²) in [5.41, 5.74) is 0.201.